The first-order valence-corrected chi connectivity index (χ1v) is 14.6. The number of aliphatic hydroxyl groups excluding tert-OH is 2. The summed E-state index contributed by atoms with van der Waals surface area (Å²) in [6.45, 7) is 3.00. The molecule has 8 nitrogen and oxygen atoms in total. The fourth-order valence-corrected chi connectivity index (χ4v) is 5.26. The van der Waals surface area contributed by atoms with Crippen molar-refractivity contribution in [3.05, 3.63) is 137 Å². The van der Waals surface area contributed by atoms with E-state index < -0.39 is 12.4 Å². The Hall–Kier alpha value is -3.92. The minimum Gasteiger partial charge on any atom is -0.392 e. The lowest BCUT2D eigenvalue weighted by molar-refractivity contribution is -0.253. The second-order valence-corrected chi connectivity index (χ2v) is 11.1. The molecule has 1 fully saturated rings. The molecule has 0 aliphatic carbocycles. The molecule has 0 saturated carbocycles. The Labute approximate surface area is 252 Å². The van der Waals surface area contributed by atoms with Crippen LogP contribution in [0.4, 0.5) is 0 Å². The lowest BCUT2D eigenvalue weighted by atomic mass is 9.98. The van der Waals surface area contributed by atoms with E-state index in [0.29, 0.717) is 25.1 Å². The molecule has 0 bridgehead atoms. The highest BCUT2D eigenvalue weighted by atomic mass is 16.7. The van der Waals surface area contributed by atoms with Crippen molar-refractivity contribution in [3.8, 4) is 0 Å². The molecule has 3 N–H and O–H groups in total. The number of nitrogens with one attached hydrogen (secondary N) is 1. The van der Waals surface area contributed by atoms with E-state index in [-0.39, 0.29) is 30.8 Å². The number of benzene rings is 3. The second kappa shape index (κ2) is 14.5. The number of carbonyl (C=O) groups is 1. The fourth-order valence-electron chi connectivity index (χ4n) is 5.26. The summed E-state index contributed by atoms with van der Waals surface area (Å²) in [5.41, 5.74) is 5.09. The molecule has 1 amide bonds. The van der Waals surface area contributed by atoms with Gasteiger partial charge in [0.15, 0.2) is 6.29 Å². The maximum absolute atomic E-state index is 12.4. The summed E-state index contributed by atoms with van der Waals surface area (Å²) in [6.07, 6.45) is 2.23. The predicted octanol–water partition coefficient (Wildman–Crippen LogP) is 5.10. The fraction of sp³-hybridized carbons (Fsp3) is 0.314. The SMILES string of the molecule is C[C@H]([C@@H](O)c1ccccc1)N(C)C[C@H]1C[C@@H](c2ccc(CO)cc2)O[C@@H](c2ccc(CNC(=O)c3cccnc3)cc2)O1. The Kier molecular flexibility index (Phi) is 10.3. The zero-order valence-corrected chi connectivity index (χ0v) is 24.5. The molecule has 0 spiro atoms. The monoisotopic (exact) mass is 581 g/mol. The van der Waals surface area contributed by atoms with Crippen molar-refractivity contribution < 1.29 is 24.5 Å². The largest absolute Gasteiger partial charge is 0.392 e. The molecule has 1 aromatic heterocycles. The minimum atomic E-state index is -0.630. The van der Waals surface area contributed by atoms with Gasteiger partial charge in [0.05, 0.1) is 30.5 Å². The van der Waals surface area contributed by atoms with Crippen LogP contribution >= 0.6 is 0 Å². The van der Waals surface area contributed by atoms with E-state index in [9.17, 15) is 15.0 Å². The molecule has 0 unspecified atom stereocenters. The van der Waals surface area contributed by atoms with Crippen LogP contribution in [-0.2, 0) is 22.6 Å². The highest BCUT2D eigenvalue weighted by Gasteiger charge is 2.34. The quantitative estimate of drug-likeness (QED) is 0.226. The number of likely N-dealkylation sites (N-methyl/N-ethyl adjacent to an activating group) is 1. The summed E-state index contributed by atoms with van der Waals surface area (Å²) in [6, 6.07) is 28.7. The number of rotatable bonds is 11. The van der Waals surface area contributed by atoms with Gasteiger partial charge < -0.3 is 25.0 Å². The molecule has 3 aromatic carbocycles. The molecule has 0 radical (unpaired) electrons. The lowest BCUT2D eigenvalue weighted by Gasteiger charge is -2.39. The number of pyridine rings is 1. The van der Waals surface area contributed by atoms with Crippen molar-refractivity contribution in [1.29, 1.82) is 0 Å². The van der Waals surface area contributed by atoms with Crippen LogP contribution in [0.5, 0.6) is 0 Å². The Bertz CT molecular complexity index is 1430. The van der Waals surface area contributed by atoms with Gasteiger partial charge >= 0.3 is 0 Å². The van der Waals surface area contributed by atoms with Gasteiger partial charge in [-0.1, -0.05) is 78.9 Å². The number of aliphatic hydroxyl groups is 2. The Morgan fingerprint density at radius 2 is 1.65 bits per heavy atom. The van der Waals surface area contributed by atoms with E-state index in [1.165, 1.54) is 0 Å². The van der Waals surface area contributed by atoms with Gasteiger partial charge in [0.25, 0.3) is 5.91 Å². The smallest absolute Gasteiger partial charge is 0.253 e. The average molecular weight is 582 g/mol. The van der Waals surface area contributed by atoms with Crippen LogP contribution in [0, 0.1) is 0 Å². The predicted molar refractivity (Wildman–Crippen MR) is 164 cm³/mol. The summed E-state index contributed by atoms with van der Waals surface area (Å²) in [5.74, 6) is -0.176. The molecule has 4 aromatic rings. The molecule has 1 aliphatic rings. The van der Waals surface area contributed by atoms with Gasteiger partial charge in [-0.3, -0.25) is 14.7 Å². The first-order valence-electron chi connectivity index (χ1n) is 14.6. The molecule has 1 aliphatic heterocycles. The molecule has 2 heterocycles. The molecule has 224 valence electrons. The van der Waals surface area contributed by atoms with Crippen LogP contribution in [0.1, 0.15) is 70.0 Å². The molecule has 1 saturated heterocycles. The van der Waals surface area contributed by atoms with Crippen LogP contribution in [0.3, 0.4) is 0 Å². The van der Waals surface area contributed by atoms with Crippen molar-refractivity contribution in [3.63, 3.8) is 0 Å². The summed E-state index contributed by atoms with van der Waals surface area (Å²) in [7, 11) is 2.00. The van der Waals surface area contributed by atoms with Crippen molar-refractivity contribution in [2.24, 2.45) is 0 Å². The molecular weight excluding hydrogens is 542 g/mol. The number of aromatic nitrogens is 1. The molecule has 5 atom stereocenters. The van der Waals surface area contributed by atoms with Crippen molar-refractivity contribution in [2.75, 3.05) is 13.6 Å². The second-order valence-electron chi connectivity index (χ2n) is 11.1. The van der Waals surface area contributed by atoms with E-state index in [1.807, 2.05) is 92.8 Å². The Morgan fingerprint density at radius 1 is 0.953 bits per heavy atom. The van der Waals surface area contributed by atoms with Gasteiger partial charge in [-0.05, 0) is 48.4 Å². The summed E-state index contributed by atoms with van der Waals surface area (Å²) in [4.78, 5) is 18.5. The van der Waals surface area contributed by atoms with Crippen LogP contribution in [0.15, 0.2) is 103 Å². The first kappa shape index (κ1) is 30.5. The summed E-state index contributed by atoms with van der Waals surface area (Å²) < 4.78 is 13.0. The maximum Gasteiger partial charge on any atom is 0.253 e. The highest BCUT2D eigenvalue weighted by Crippen LogP contribution is 2.38. The van der Waals surface area contributed by atoms with Gasteiger partial charge in [-0.2, -0.15) is 0 Å². The summed E-state index contributed by atoms with van der Waals surface area (Å²) in [5, 5.41) is 23.4. The molecular formula is C35H39N3O5. The number of amides is 1. The Morgan fingerprint density at radius 3 is 2.33 bits per heavy atom. The zero-order chi connectivity index (χ0) is 30.2. The third-order valence-electron chi connectivity index (χ3n) is 8.03. The van der Waals surface area contributed by atoms with Gasteiger partial charge in [0, 0.05) is 43.5 Å². The number of hydrogen-bond donors (Lipinski definition) is 3. The van der Waals surface area contributed by atoms with E-state index in [2.05, 4.69) is 15.2 Å². The maximum atomic E-state index is 12.4. The molecule has 5 rings (SSSR count). The number of carbonyl (C=O) groups excluding carboxylic acids is 1. The topological polar surface area (TPSA) is 104 Å². The average Bonchev–Trinajstić information content (AvgIpc) is 3.07. The first-order chi connectivity index (χ1) is 20.9. The molecule has 43 heavy (non-hydrogen) atoms. The van der Waals surface area contributed by atoms with Crippen molar-refractivity contribution >= 4 is 5.91 Å². The standard InChI is InChI=1S/C35H39N3O5/c1-24(33(40)28-7-4-3-5-8-28)38(2)22-31-19-32(27-14-12-26(23-39)13-15-27)43-35(42-31)29-16-10-25(11-17-29)20-37-34(41)30-9-6-18-36-21-30/h3-18,21,24,31-33,35,39-40H,19-20,22-23H2,1-2H3,(H,37,41)/t24-,31-,32+,33-,35+/m1/s1. The van der Waals surface area contributed by atoms with Crippen molar-refractivity contribution in [2.45, 2.75) is 57.1 Å². The third-order valence-corrected chi connectivity index (χ3v) is 8.03. The number of ether oxygens (including phenoxy) is 2. The highest BCUT2D eigenvalue weighted by molar-refractivity contribution is 5.93. The van der Waals surface area contributed by atoms with Crippen LogP contribution in [0.25, 0.3) is 0 Å². The zero-order valence-electron chi connectivity index (χ0n) is 24.5. The van der Waals surface area contributed by atoms with E-state index in [4.69, 9.17) is 9.47 Å². The van der Waals surface area contributed by atoms with E-state index in [0.717, 1.165) is 27.8 Å². The third kappa shape index (κ3) is 7.93. The lowest BCUT2D eigenvalue weighted by Crippen LogP contribution is -2.43. The normalized spacial score (nSPS) is 20.0. The summed E-state index contributed by atoms with van der Waals surface area (Å²) >= 11 is 0. The number of hydrogen-bond acceptors (Lipinski definition) is 7. The van der Waals surface area contributed by atoms with Gasteiger partial charge in [-0.25, -0.2) is 0 Å². The van der Waals surface area contributed by atoms with E-state index in [1.54, 1.807) is 24.5 Å². The van der Waals surface area contributed by atoms with Crippen LogP contribution in [-0.4, -0.2) is 51.7 Å². The van der Waals surface area contributed by atoms with Gasteiger partial charge in [-0.15, -0.1) is 0 Å². The van der Waals surface area contributed by atoms with E-state index >= 15 is 0 Å². The van der Waals surface area contributed by atoms with Crippen LogP contribution in [0.2, 0.25) is 0 Å². The molecule has 8 heteroatoms. The Balaban J connectivity index is 1.28. The van der Waals surface area contributed by atoms with Crippen molar-refractivity contribution in [1.82, 2.24) is 15.2 Å². The van der Waals surface area contributed by atoms with Gasteiger partial charge in [0.1, 0.15) is 0 Å². The number of nitrogens with zero attached hydrogens (tertiary/aromatic N) is 2. The van der Waals surface area contributed by atoms with Crippen LogP contribution < -0.4 is 5.32 Å². The minimum absolute atomic E-state index is 0.0123. The van der Waals surface area contributed by atoms with Gasteiger partial charge in [0.2, 0.25) is 0 Å².